The first-order valence-corrected chi connectivity index (χ1v) is 4.50. The van der Waals surface area contributed by atoms with Crippen LogP contribution in [0.25, 0.3) is 0 Å². The van der Waals surface area contributed by atoms with Crippen LogP contribution in [0.2, 0.25) is 0 Å². The van der Waals surface area contributed by atoms with Crippen molar-refractivity contribution in [3.8, 4) is 0 Å². The van der Waals surface area contributed by atoms with Crippen LogP contribution in [0.15, 0.2) is 0 Å². The minimum Gasteiger partial charge on any atom is -0.480 e. The Balaban J connectivity index is 0. The molecule has 3 nitrogen and oxygen atoms in total. The van der Waals surface area contributed by atoms with Crippen molar-refractivity contribution in [3.05, 3.63) is 0 Å². The topological polar surface area (TPSA) is 63.3 Å². The summed E-state index contributed by atoms with van der Waals surface area (Å²) < 4.78 is 0. The normalized spacial score (nSPS) is 11.8. The van der Waals surface area contributed by atoms with Crippen molar-refractivity contribution < 1.29 is 9.90 Å². The minimum absolute atomic E-state index is 0.0208. The Morgan fingerprint density at radius 2 is 1.80 bits per heavy atom. The van der Waals surface area contributed by atoms with Gasteiger partial charge in [-0.1, -0.05) is 29.8 Å². The second kappa shape index (κ2) is 7.02. The molecule has 0 aliphatic carbocycles. The third kappa shape index (κ3) is 6.04. The minimum atomic E-state index is -0.931. The molecule has 0 saturated carbocycles. The van der Waals surface area contributed by atoms with E-state index in [1.807, 2.05) is 5.83 Å². The molecule has 0 aromatic rings. The Kier molecular flexibility index (Phi) is 8.83. The van der Waals surface area contributed by atoms with Crippen molar-refractivity contribution in [1.29, 1.82) is 0 Å². The van der Waals surface area contributed by atoms with Crippen LogP contribution in [-0.4, -0.2) is 23.0 Å². The smallest absolute Gasteiger partial charge is 0.320 e. The van der Waals surface area contributed by atoms with E-state index in [0.29, 0.717) is 0 Å². The largest absolute Gasteiger partial charge is 0.480 e. The van der Waals surface area contributed by atoms with Gasteiger partial charge in [-0.05, 0) is 11.8 Å². The number of halogens is 1. The fourth-order valence-corrected chi connectivity index (χ4v) is 0.285. The molecule has 4 heteroatoms. The van der Waals surface area contributed by atoms with Gasteiger partial charge in [0.1, 0.15) is 6.04 Å². The van der Waals surface area contributed by atoms with Gasteiger partial charge < -0.3 is 10.8 Å². The van der Waals surface area contributed by atoms with Gasteiger partial charge in [-0.15, -0.1) is 0 Å². The lowest BCUT2D eigenvalue weighted by molar-refractivity contribution is -0.139. The average Bonchev–Trinajstić information content (AvgIpc) is 1.90. The maximum absolute atomic E-state index is 10.0. The molecule has 10 heavy (non-hydrogen) atoms. The lowest BCUT2D eigenvalue weighted by Crippen LogP contribution is -2.34. The SMILES string of the molecule is CBr.CC(C)[C@H](N)C(=O)O. The number of carbonyl (C=O) groups is 1. The fraction of sp³-hybridized carbons (Fsp3) is 0.833. The molecule has 0 saturated heterocycles. The number of hydrogen-bond donors (Lipinski definition) is 2. The first kappa shape index (κ1) is 12.6. The number of alkyl halides is 1. The summed E-state index contributed by atoms with van der Waals surface area (Å²) in [5.41, 5.74) is 5.16. The zero-order chi connectivity index (χ0) is 8.73. The highest BCUT2D eigenvalue weighted by Gasteiger charge is 2.14. The molecule has 0 aromatic heterocycles. The monoisotopic (exact) mass is 211 g/mol. The van der Waals surface area contributed by atoms with Gasteiger partial charge in [0.15, 0.2) is 0 Å². The van der Waals surface area contributed by atoms with E-state index in [9.17, 15) is 4.79 Å². The van der Waals surface area contributed by atoms with Gasteiger partial charge in [-0.3, -0.25) is 4.79 Å². The van der Waals surface area contributed by atoms with Crippen LogP contribution in [0.1, 0.15) is 13.8 Å². The van der Waals surface area contributed by atoms with E-state index in [1.165, 1.54) is 0 Å². The highest BCUT2D eigenvalue weighted by molar-refractivity contribution is 9.08. The predicted octanol–water partition coefficient (Wildman–Crippen LogP) is 1.07. The Hall–Kier alpha value is -0.0900. The molecule has 0 heterocycles. The first-order valence-electron chi connectivity index (χ1n) is 2.92. The Labute approximate surface area is 69.7 Å². The summed E-state index contributed by atoms with van der Waals surface area (Å²) in [4.78, 5) is 10.0. The van der Waals surface area contributed by atoms with Crippen LogP contribution in [0.5, 0.6) is 0 Å². The van der Waals surface area contributed by atoms with Gasteiger partial charge in [0.2, 0.25) is 0 Å². The van der Waals surface area contributed by atoms with E-state index in [2.05, 4.69) is 15.9 Å². The van der Waals surface area contributed by atoms with Crippen LogP contribution < -0.4 is 5.73 Å². The molecular formula is C6H14BrNO2. The van der Waals surface area contributed by atoms with Crippen molar-refractivity contribution in [2.75, 3.05) is 5.83 Å². The van der Waals surface area contributed by atoms with Gasteiger partial charge in [0, 0.05) is 0 Å². The summed E-state index contributed by atoms with van der Waals surface area (Å²) in [5.74, 6) is 0.903. The lowest BCUT2D eigenvalue weighted by Gasteiger charge is -2.07. The summed E-state index contributed by atoms with van der Waals surface area (Å²) in [7, 11) is 0. The van der Waals surface area contributed by atoms with E-state index >= 15 is 0 Å². The van der Waals surface area contributed by atoms with E-state index in [4.69, 9.17) is 10.8 Å². The number of carboxylic acid groups (broad SMARTS) is 1. The van der Waals surface area contributed by atoms with Gasteiger partial charge >= 0.3 is 5.97 Å². The van der Waals surface area contributed by atoms with Crippen molar-refractivity contribution in [3.63, 3.8) is 0 Å². The van der Waals surface area contributed by atoms with Crippen LogP contribution in [0, 0.1) is 5.92 Å². The standard InChI is InChI=1S/C5H11NO2.CH3Br/c1-3(2)4(6)5(7)8;1-2/h3-4H,6H2,1-2H3,(H,7,8);1H3/t4-;/m0./s1. The van der Waals surface area contributed by atoms with E-state index in [0.717, 1.165) is 0 Å². The van der Waals surface area contributed by atoms with E-state index in [1.54, 1.807) is 13.8 Å². The van der Waals surface area contributed by atoms with Gasteiger partial charge in [0.25, 0.3) is 0 Å². The summed E-state index contributed by atoms with van der Waals surface area (Å²) >= 11 is 2.94. The summed E-state index contributed by atoms with van der Waals surface area (Å²) in [6, 6.07) is -0.713. The molecule has 0 aliphatic heterocycles. The van der Waals surface area contributed by atoms with E-state index in [-0.39, 0.29) is 5.92 Å². The first-order chi connectivity index (χ1) is 4.55. The second-order valence-electron chi connectivity index (χ2n) is 2.11. The molecule has 0 rings (SSSR count). The quantitative estimate of drug-likeness (QED) is 0.673. The van der Waals surface area contributed by atoms with Crippen LogP contribution in [-0.2, 0) is 4.79 Å². The Bertz CT molecular complexity index is 95.7. The molecule has 0 unspecified atom stereocenters. The van der Waals surface area contributed by atoms with Crippen molar-refractivity contribution in [2.45, 2.75) is 19.9 Å². The molecule has 0 aliphatic rings. The molecule has 0 spiro atoms. The van der Waals surface area contributed by atoms with Crippen molar-refractivity contribution >= 4 is 21.9 Å². The van der Waals surface area contributed by atoms with Gasteiger partial charge in [-0.2, -0.15) is 0 Å². The van der Waals surface area contributed by atoms with Gasteiger partial charge in [-0.25, -0.2) is 0 Å². The molecule has 3 N–H and O–H groups in total. The van der Waals surface area contributed by atoms with Crippen molar-refractivity contribution in [2.24, 2.45) is 11.7 Å². The number of rotatable bonds is 2. The number of carboxylic acids is 1. The third-order valence-electron chi connectivity index (χ3n) is 1.00. The maximum atomic E-state index is 10.0. The van der Waals surface area contributed by atoms with Crippen LogP contribution >= 0.6 is 15.9 Å². The maximum Gasteiger partial charge on any atom is 0.320 e. The fourth-order valence-electron chi connectivity index (χ4n) is 0.285. The van der Waals surface area contributed by atoms with Crippen molar-refractivity contribution in [1.82, 2.24) is 0 Å². The summed E-state index contributed by atoms with van der Waals surface area (Å²) in [5, 5.41) is 8.23. The summed E-state index contributed by atoms with van der Waals surface area (Å²) in [6.45, 7) is 3.55. The molecule has 0 radical (unpaired) electrons. The number of nitrogens with two attached hydrogens (primary N) is 1. The zero-order valence-electron chi connectivity index (χ0n) is 6.47. The van der Waals surface area contributed by atoms with Gasteiger partial charge in [0.05, 0.1) is 0 Å². The molecular weight excluding hydrogens is 198 g/mol. The summed E-state index contributed by atoms with van der Waals surface area (Å²) in [6.07, 6.45) is 0. The third-order valence-corrected chi connectivity index (χ3v) is 1.00. The predicted molar refractivity (Wildman–Crippen MR) is 45.3 cm³/mol. The second-order valence-corrected chi connectivity index (χ2v) is 2.11. The number of aliphatic carboxylic acids is 1. The molecule has 0 amide bonds. The average molecular weight is 212 g/mol. The molecule has 62 valence electrons. The molecule has 0 fully saturated rings. The van der Waals surface area contributed by atoms with Crippen LogP contribution in [0.3, 0.4) is 0 Å². The molecule has 0 aromatic carbocycles. The molecule has 0 bridgehead atoms. The molecule has 1 atom stereocenters. The zero-order valence-corrected chi connectivity index (χ0v) is 8.05. The Morgan fingerprint density at radius 1 is 1.50 bits per heavy atom. The highest BCUT2D eigenvalue weighted by Crippen LogP contribution is 1.96. The van der Waals surface area contributed by atoms with E-state index < -0.39 is 12.0 Å². The number of hydrogen-bond acceptors (Lipinski definition) is 2. The van der Waals surface area contributed by atoms with Crippen LogP contribution in [0.4, 0.5) is 0 Å². The highest BCUT2D eigenvalue weighted by atomic mass is 79.9. The lowest BCUT2D eigenvalue weighted by atomic mass is 10.1. The Morgan fingerprint density at radius 3 is 1.80 bits per heavy atom.